The van der Waals surface area contributed by atoms with Crippen molar-refractivity contribution < 1.29 is 13.7 Å². The minimum Gasteiger partial charge on any atom is -0.489 e. The molecule has 5 nitrogen and oxygen atoms in total. The number of nitrogens with one attached hydrogen (secondary N) is 1. The molecule has 0 spiro atoms. The van der Waals surface area contributed by atoms with Crippen molar-refractivity contribution in [2.24, 2.45) is 0 Å². The molecule has 0 unspecified atom stereocenters. The molecule has 0 radical (unpaired) electrons. The molecule has 0 fully saturated rings. The summed E-state index contributed by atoms with van der Waals surface area (Å²) in [5, 5.41) is 11.2. The number of aromatic nitrogens is 2. The zero-order chi connectivity index (χ0) is 18.5. The molecule has 0 atom stereocenters. The number of nitrogens with zero attached hydrogens (tertiary/aromatic N) is 2. The van der Waals surface area contributed by atoms with Crippen molar-refractivity contribution in [2.45, 2.75) is 13.2 Å². The number of anilines is 1. The fourth-order valence-corrected chi connectivity index (χ4v) is 3.09. The number of hydrogen-bond acceptors (Lipinski definition) is 6. The minimum atomic E-state index is -0.256. The van der Waals surface area contributed by atoms with Crippen molar-refractivity contribution in [3.05, 3.63) is 82.6 Å². The van der Waals surface area contributed by atoms with Gasteiger partial charge in [0.15, 0.2) is 0 Å². The number of halogens is 1. The molecule has 1 N–H and O–H groups in total. The van der Waals surface area contributed by atoms with Gasteiger partial charge in [-0.3, -0.25) is 0 Å². The van der Waals surface area contributed by atoms with Gasteiger partial charge in [-0.2, -0.15) is 16.3 Å². The second-order valence-corrected chi connectivity index (χ2v) is 6.60. The van der Waals surface area contributed by atoms with E-state index < -0.39 is 0 Å². The summed E-state index contributed by atoms with van der Waals surface area (Å²) in [6.07, 6.45) is 0. The maximum Gasteiger partial charge on any atom is 0.246 e. The zero-order valence-electron chi connectivity index (χ0n) is 14.3. The lowest BCUT2D eigenvalue weighted by Gasteiger charge is -2.09. The van der Waals surface area contributed by atoms with Crippen LogP contribution in [0.2, 0.25) is 0 Å². The molecule has 0 bridgehead atoms. The Kier molecular flexibility index (Phi) is 5.11. The van der Waals surface area contributed by atoms with E-state index >= 15 is 0 Å². The molecule has 7 heteroatoms. The lowest BCUT2D eigenvalue weighted by molar-refractivity contribution is 0.306. The highest BCUT2D eigenvalue weighted by molar-refractivity contribution is 7.08. The molecule has 4 rings (SSSR count). The maximum absolute atomic E-state index is 12.9. The van der Waals surface area contributed by atoms with Gasteiger partial charge in [0.1, 0.15) is 18.2 Å². The molecule has 0 aliphatic carbocycles. The number of hydrogen-bond donors (Lipinski definition) is 1. The van der Waals surface area contributed by atoms with E-state index in [4.69, 9.17) is 9.26 Å². The van der Waals surface area contributed by atoms with E-state index in [1.165, 1.54) is 12.1 Å². The van der Waals surface area contributed by atoms with Crippen molar-refractivity contribution in [1.82, 2.24) is 10.1 Å². The van der Waals surface area contributed by atoms with Gasteiger partial charge in [-0.15, -0.1) is 0 Å². The average Bonchev–Trinajstić information content (AvgIpc) is 3.38. The van der Waals surface area contributed by atoms with Gasteiger partial charge in [0.05, 0.1) is 6.54 Å². The van der Waals surface area contributed by atoms with E-state index in [2.05, 4.69) is 15.5 Å². The topological polar surface area (TPSA) is 60.2 Å². The molecule has 2 aromatic carbocycles. The van der Waals surface area contributed by atoms with Gasteiger partial charge < -0.3 is 14.6 Å². The monoisotopic (exact) mass is 381 g/mol. The van der Waals surface area contributed by atoms with Gasteiger partial charge in [0.25, 0.3) is 0 Å². The van der Waals surface area contributed by atoms with Crippen molar-refractivity contribution in [1.29, 1.82) is 0 Å². The summed E-state index contributed by atoms with van der Waals surface area (Å²) < 4.78 is 24.0. The van der Waals surface area contributed by atoms with E-state index in [1.54, 1.807) is 23.5 Å². The lowest BCUT2D eigenvalue weighted by atomic mass is 10.2. The highest BCUT2D eigenvalue weighted by atomic mass is 32.1. The van der Waals surface area contributed by atoms with E-state index in [0.29, 0.717) is 30.6 Å². The molecular weight excluding hydrogens is 365 g/mol. The van der Waals surface area contributed by atoms with Crippen molar-refractivity contribution in [3.8, 4) is 17.1 Å². The molecule has 27 heavy (non-hydrogen) atoms. The van der Waals surface area contributed by atoms with Gasteiger partial charge in [0, 0.05) is 22.7 Å². The molecule has 0 amide bonds. The third kappa shape index (κ3) is 4.51. The SMILES string of the molecule is Fc1ccc(COc2cccc(NCc3nc(-c4ccsc4)no3)c2)cc1. The zero-order valence-corrected chi connectivity index (χ0v) is 15.1. The van der Waals surface area contributed by atoms with Gasteiger partial charge in [-0.1, -0.05) is 23.4 Å². The van der Waals surface area contributed by atoms with Crippen LogP contribution in [0.1, 0.15) is 11.5 Å². The van der Waals surface area contributed by atoms with Crippen LogP contribution in [0.4, 0.5) is 10.1 Å². The molecule has 2 heterocycles. The number of ether oxygens (including phenoxy) is 1. The van der Waals surface area contributed by atoms with Crippen LogP contribution >= 0.6 is 11.3 Å². The summed E-state index contributed by atoms with van der Waals surface area (Å²) in [5.74, 6) is 1.56. The molecule has 2 aromatic heterocycles. The largest absolute Gasteiger partial charge is 0.489 e. The minimum absolute atomic E-state index is 0.256. The first-order valence-corrected chi connectivity index (χ1v) is 9.27. The summed E-state index contributed by atoms with van der Waals surface area (Å²) in [6, 6.07) is 15.8. The van der Waals surface area contributed by atoms with Gasteiger partial charge in [-0.25, -0.2) is 4.39 Å². The second kappa shape index (κ2) is 8.01. The molecule has 4 aromatic rings. The molecule has 0 aliphatic rings. The van der Waals surface area contributed by atoms with Crippen LogP contribution in [0.15, 0.2) is 69.9 Å². The highest BCUT2D eigenvalue weighted by Crippen LogP contribution is 2.21. The average molecular weight is 381 g/mol. The Balaban J connectivity index is 1.34. The van der Waals surface area contributed by atoms with Crippen LogP contribution < -0.4 is 10.1 Å². The van der Waals surface area contributed by atoms with Crippen LogP contribution in [0.25, 0.3) is 11.4 Å². The van der Waals surface area contributed by atoms with E-state index in [1.807, 2.05) is 41.1 Å². The van der Waals surface area contributed by atoms with Crippen LogP contribution in [0.3, 0.4) is 0 Å². The molecular formula is C20H16FN3O2S. The summed E-state index contributed by atoms with van der Waals surface area (Å²) in [7, 11) is 0. The maximum atomic E-state index is 12.9. The summed E-state index contributed by atoms with van der Waals surface area (Å²) >= 11 is 1.59. The van der Waals surface area contributed by atoms with E-state index in [9.17, 15) is 4.39 Å². The smallest absolute Gasteiger partial charge is 0.246 e. The number of thiophene rings is 1. The Labute approximate surface area is 159 Å². The first kappa shape index (κ1) is 17.2. The molecule has 0 aliphatic heterocycles. The first-order valence-electron chi connectivity index (χ1n) is 8.32. The fraction of sp³-hybridized carbons (Fsp3) is 0.100. The quantitative estimate of drug-likeness (QED) is 0.481. The third-order valence-electron chi connectivity index (χ3n) is 3.84. The van der Waals surface area contributed by atoms with Crippen LogP contribution in [-0.2, 0) is 13.2 Å². The van der Waals surface area contributed by atoms with Crippen LogP contribution in [0, 0.1) is 5.82 Å². The standard InChI is InChI=1S/C20H16FN3O2S/c21-16-6-4-14(5-7-16)12-25-18-3-1-2-17(10-18)22-11-19-23-20(24-26-19)15-8-9-27-13-15/h1-10,13,22H,11-12H2. The van der Waals surface area contributed by atoms with Crippen LogP contribution in [-0.4, -0.2) is 10.1 Å². The Morgan fingerprint density at radius 3 is 2.81 bits per heavy atom. The third-order valence-corrected chi connectivity index (χ3v) is 4.53. The first-order chi connectivity index (χ1) is 13.3. The number of rotatable bonds is 7. The molecule has 136 valence electrons. The molecule has 0 saturated carbocycles. The Bertz CT molecular complexity index is 1000. The Hall–Kier alpha value is -3.19. The molecule has 0 saturated heterocycles. The predicted octanol–water partition coefficient (Wildman–Crippen LogP) is 5.13. The highest BCUT2D eigenvalue weighted by Gasteiger charge is 2.08. The summed E-state index contributed by atoms with van der Waals surface area (Å²) in [4.78, 5) is 4.38. The second-order valence-electron chi connectivity index (χ2n) is 5.82. The van der Waals surface area contributed by atoms with Crippen LogP contribution in [0.5, 0.6) is 5.75 Å². The van der Waals surface area contributed by atoms with Crippen molar-refractivity contribution in [3.63, 3.8) is 0 Å². The van der Waals surface area contributed by atoms with Gasteiger partial charge in [0.2, 0.25) is 11.7 Å². The Morgan fingerprint density at radius 2 is 2.00 bits per heavy atom. The lowest BCUT2D eigenvalue weighted by Crippen LogP contribution is -2.01. The predicted molar refractivity (Wildman–Crippen MR) is 102 cm³/mol. The summed E-state index contributed by atoms with van der Waals surface area (Å²) in [6.45, 7) is 0.788. The van der Waals surface area contributed by atoms with Crippen molar-refractivity contribution >= 4 is 17.0 Å². The van der Waals surface area contributed by atoms with Gasteiger partial charge in [-0.05, 0) is 41.3 Å². The van der Waals surface area contributed by atoms with E-state index in [0.717, 1.165) is 16.8 Å². The number of benzene rings is 2. The summed E-state index contributed by atoms with van der Waals surface area (Å²) in [5.41, 5.74) is 2.73. The Morgan fingerprint density at radius 1 is 1.11 bits per heavy atom. The van der Waals surface area contributed by atoms with Gasteiger partial charge >= 0.3 is 0 Å². The normalized spacial score (nSPS) is 10.7. The van der Waals surface area contributed by atoms with E-state index in [-0.39, 0.29) is 5.82 Å². The van der Waals surface area contributed by atoms with Crippen molar-refractivity contribution in [2.75, 3.05) is 5.32 Å². The fourth-order valence-electron chi connectivity index (χ4n) is 2.46.